The van der Waals surface area contributed by atoms with Gasteiger partial charge in [-0.2, -0.15) is 0 Å². The van der Waals surface area contributed by atoms with Crippen molar-refractivity contribution in [3.8, 4) is 11.8 Å². The summed E-state index contributed by atoms with van der Waals surface area (Å²) in [6, 6.07) is 0. The fourth-order valence-electron chi connectivity index (χ4n) is 1.04. The highest BCUT2D eigenvalue weighted by Crippen LogP contribution is 2.17. The highest BCUT2D eigenvalue weighted by molar-refractivity contribution is 5.09. The van der Waals surface area contributed by atoms with E-state index in [4.69, 9.17) is 0 Å². The van der Waals surface area contributed by atoms with Crippen molar-refractivity contribution in [1.29, 1.82) is 0 Å². The average Bonchev–Trinajstić information content (AvgIpc) is 2.16. The van der Waals surface area contributed by atoms with Crippen LogP contribution in [0, 0.1) is 17.3 Å². The van der Waals surface area contributed by atoms with Crippen LogP contribution in [-0.2, 0) is 0 Å². The van der Waals surface area contributed by atoms with E-state index in [0.29, 0.717) is 6.54 Å². The third kappa shape index (κ3) is 6.44. The molecule has 16 heavy (non-hydrogen) atoms. The molecule has 90 valence electrons. The Morgan fingerprint density at radius 3 is 2.12 bits per heavy atom. The summed E-state index contributed by atoms with van der Waals surface area (Å²) in [5.41, 5.74) is -0.186. The first-order valence-corrected chi connectivity index (χ1v) is 5.52. The van der Waals surface area contributed by atoms with Gasteiger partial charge in [-0.15, -0.1) is 13.2 Å². The molecule has 2 nitrogen and oxygen atoms in total. The van der Waals surface area contributed by atoms with E-state index in [-0.39, 0.29) is 5.41 Å². The second-order valence-electron chi connectivity index (χ2n) is 4.86. The number of aliphatic hydroxyl groups is 1. The molecule has 0 amide bonds. The molecule has 0 saturated carbocycles. The van der Waals surface area contributed by atoms with Crippen LogP contribution in [0.2, 0.25) is 0 Å². The summed E-state index contributed by atoms with van der Waals surface area (Å²) in [6.45, 7) is 15.5. The zero-order valence-electron chi connectivity index (χ0n) is 10.7. The molecule has 1 atom stereocenters. The number of aliphatic hydroxyl groups excluding tert-OH is 1. The number of hydrogen-bond donors (Lipinski definition) is 1. The van der Waals surface area contributed by atoms with Crippen LogP contribution in [0.5, 0.6) is 0 Å². The van der Waals surface area contributed by atoms with Crippen LogP contribution in [0.25, 0.3) is 0 Å². The Hall–Kier alpha value is -1.04. The van der Waals surface area contributed by atoms with Crippen molar-refractivity contribution < 1.29 is 5.11 Å². The molecule has 0 aromatic rings. The lowest BCUT2D eigenvalue weighted by Gasteiger charge is -2.21. The third-order valence-electron chi connectivity index (χ3n) is 2.14. The van der Waals surface area contributed by atoms with Crippen molar-refractivity contribution in [2.45, 2.75) is 26.9 Å². The van der Waals surface area contributed by atoms with E-state index in [0.717, 1.165) is 13.1 Å². The van der Waals surface area contributed by atoms with Crippen molar-refractivity contribution in [2.75, 3.05) is 19.6 Å². The van der Waals surface area contributed by atoms with Gasteiger partial charge in [0.1, 0.15) is 6.10 Å². The van der Waals surface area contributed by atoms with Gasteiger partial charge in [0.25, 0.3) is 0 Å². The Bertz CT molecular complexity index is 267. The monoisotopic (exact) mass is 221 g/mol. The van der Waals surface area contributed by atoms with Crippen LogP contribution in [0.1, 0.15) is 20.8 Å². The summed E-state index contributed by atoms with van der Waals surface area (Å²) >= 11 is 0. The summed E-state index contributed by atoms with van der Waals surface area (Å²) in [5.74, 6) is 5.86. The van der Waals surface area contributed by atoms with E-state index in [1.807, 2.05) is 32.9 Å². The van der Waals surface area contributed by atoms with Gasteiger partial charge in [0.05, 0.1) is 6.54 Å². The lowest BCUT2D eigenvalue weighted by molar-refractivity contribution is 0.114. The minimum Gasteiger partial charge on any atom is -0.380 e. The van der Waals surface area contributed by atoms with Gasteiger partial charge in [-0.05, 0) is 5.41 Å². The predicted octanol–water partition coefficient (Wildman–Crippen LogP) is 2.07. The largest absolute Gasteiger partial charge is 0.380 e. The van der Waals surface area contributed by atoms with Gasteiger partial charge < -0.3 is 5.11 Å². The summed E-state index contributed by atoms with van der Waals surface area (Å²) in [5, 5.41) is 9.73. The van der Waals surface area contributed by atoms with E-state index in [2.05, 4.69) is 29.9 Å². The van der Waals surface area contributed by atoms with Gasteiger partial charge >= 0.3 is 0 Å². The van der Waals surface area contributed by atoms with E-state index < -0.39 is 6.10 Å². The van der Waals surface area contributed by atoms with Crippen LogP contribution >= 0.6 is 0 Å². The molecule has 0 aromatic carbocycles. The summed E-state index contributed by atoms with van der Waals surface area (Å²) in [6.07, 6.45) is 3.10. The predicted molar refractivity (Wildman–Crippen MR) is 70.1 cm³/mol. The van der Waals surface area contributed by atoms with Gasteiger partial charge in [0, 0.05) is 13.1 Å². The molecule has 0 saturated heterocycles. The number of rotatable bonds is 5. The molecule has 1 unspecified atom stereocenters. The van der Waals surface area contributed by atoms with Gasteiger partial charge in [-0.25, -0.2) is 0 Å². The van der Waals surface area contributed by atoms with Crippen molar-refractivity contribution in [3.05, 3.63) is 25.3 Å². The van der Waals surface area contributed by atoms with Crippen molar-refractivity contribution in [2.24, 2.45) is 5.41 Å². The second-order valence-corrected chi connectivity index (χ2v) is 4.86. The molecule has 0 heterocycles. The Kier molecular flexibility index (Phi) is 6.80. The van der Waals surface area contributed by atoms with Gasteiger partial charge in [0.15, 0.2) is 0 Å². The highest BCUT2D eigenvalue weighted by Gasteiger charge is 2.19. The Morgan fingerprint density at radius 2 is 1.75 bits per heavy atom. The Balaban J connectivity index is 4.23. The summed E-state index contributed by atoms with van der Waals surface area (Å²) in [4.78, 5) is 2.10. The molecule has 1 N–H and O–H groups in total. The second kappa shape index (κ2) is 7.27. The average molecular weight is 221 g/mol. The first-order chi connectivity index (χ1) is 7.41. The number of hydrogen-bond acceptors (Lipinski definition) is 2. The zero-order valence-corrected chi connectivity index (χ0v) is 10.7. The van der Waals surface area contributed by atoms with Gasteiger partial charge in [-0.1, -0.05) is 44.8 Å². The molecular formula is C14H23NO. The van der Waals surface area contributed by atoms with E-state index in [1.54, 1.807) is 0 Å². The fourth-order valence-corrected chi connectivity index (χ4v) is 1.04. The minimum atomic E-state index is -0.582. The standard InChI is InChI=1S/C14H23NO/c1-6-10-15(11-7-2)12-8-9-13(16)14(3,4)5/h6-7,13,16H,1-2,10-12H2,3-5H3. The third-order valence-corrected chi connectivity index (χ3v) is 2.14. The molecule has 0 aliphatic heterocycles. The fraction of sp³-hybridized carbons (Fsp3) is 0.571. The lowest BCUT2D eigenvalue weighted by Crippen LogP contribution is -2.26. The van der Waals surface area contributed by atoms with E-state index in [9.17, 15) is 5.11 Å². The Labute approximate surface area is 99.7 Å². The van der Waals surface area contributed by atoms with E-state index in [1.165, 1.54) is 0 Å². The number of nitrogens with zero attached hydrogens (tertiary/aromatic N) is 1. The Morgan fingerprint density at radius 1 is 1.25 bits per heavy atom. The first-order valence-electron chi connectivity index (χ1n) is 5.52. The molecule has 0 fully saturated rings. The topological polar surface area (TPSA) is 23.5 Å². The smallest absolute Gasteiger partial charge is 0.119 e. The molecule has 0 aliphatic rings. The molecule has 0 radical (unpaired) electrons. The maximum atomic E-state index is 9.73. The van der Waals surface area contributed by atoms with Crippen LogP contribution in [-0.4, -0.2) is 35.7 Å². The lowest BCUT2D eigenvalue weighted by atomic mass is 9.90. The summed E-state index contributed by atoms with van der Waals surface area (Å²) in [7, 11) is 0. The normalized spacial score (nSPS) is 12.8. The van der Waals surface area contributed by atoms with Crippen molar-refractivity contribution >= 4 is 0 Å². The van der Waals surface area contributed by atoms with Crippen LogP contribution in [0.15, 0.2) is 25.3 Å². The summed E-state index contributed by atoms with van der Waals surface area (Å²) < 4.78 is 0. The minimum absolute atomic E-state index is 0.186. The molecular weight excluding hydrogens is 198 g/mol. The maximum absolute atomic E-state index is 9.73. The van der Waals surface area contributed by atoms with E-state index >= 15 is 0 Å². The van der Waals surface area contributed by atoms with Crippen molar-refractivity contribution in [3.63, 3.8) is 0 Å². The SMILES string of the molecule is C=CCN(CC#CC(O)C(C)(C)C)CC=C. The molecule has 0 aliphatic carbocycles. The van der Waals surface area contributed by atoms with Crippen molar-refractivity contribution in [1.82, 2.24) is 4.90 Å². The van der Waals surface area contributed by atoms with Gasteiger partial charge in [-0.3, -0.25) is 4.90 Å². The molecule has 0 rings (SSSR count). The highest BCUT2D eigenvalue weighted by atomic mass is 16.3. The first kappa shape index (κ1) is 15.0. The maximum Gasteiger partial charge on any atom is 0.119 e. The van der Waals surface area contributed by atoms with Crippen LogP contribution in [0.3, 0.4) is 0 Å². The van der Waals surface area contributed by atoms with Crippen LogP contribution in [0.4, 0.5) is 0 Å². The molecule has 2 heteroatoms. The zero-order chi connectivity index (χ0) is 12.6. The van der Waals surface area contributed by atoms with Gasteiger partial charge in [0.2, 0.25) is 0 Å². The molecule has 0 spiro atoms. The van der Waals surface area contributed by atoms with Crippen LogP contribution < -0.4 is 0 Å². The molecule has 0 bridgehead atoms. The quantitative estimate of drug-likeness (QED) is 0.567. The molecule has 0 aromatic heterocycles.